The first-order chi connectivity index (χ1) is 37.0. The molecule has 4 heterocycles. The Kier molecular flexibility index (Phi) is 19.5. The number of hydrogen-bond donors (Lipinski definition) is 5. The van der Waals surface area contributed by atoms with Crippen molar-refractivity contribution in [2.24, 2.45) is 10.8 Å². The second kappa shape index (κ2) is 25.3. The molecule has 0 bridgehead atoms. The Bertz CT molecular complexity index is 2820. The molecule has 4 unspecified atom stereocenters. The van der Waals surface area contributed by atoms with E-state index in [9.17, 15) is 59.4 Å². The summed E-state index contributed by atoms with van der Waals surface area (Å²) in [4.78, 5) is 61.9. The number of hydrazine groups is 1. The van der Waals surface area contributed by atoms with Crippen LogP contribution in [0.15, 0.2) is 67.0 Å². The number of carbonyl (C=O) groups excluding carboxylic acids is 4. The molecule has 0 saturated carbocycles. The Labute approximate surface area is 447 Å². The maximum Gasteiger partial charge on any atom is 0.407 e. The number of nitrogens with one attached hydrogen (secondary N) is 4. The first-order valence-electron chi connectivity index (χ1n) is 24.3. The summed E-state index contributed by atoms with van der Waals surface area (Å²) in [5.41, 5.74) is -4.46. The van der Waals surface area contributed by atoms with Gasteiger partial charge in [-0.05, 0) is 82.1 Å². The normalized spacial score (nSPS) is 16.9. The van der Waals surface area contributed by atoms with Gasteiger partial charge >= 0.3 is 31.1 Å². The second-order valence-electron chi connectivity index (χ2n) is 19.8. The molecule has 2 aliphatic rings. The van der Waals surface area contributed by atoms with Gasteiger partial charge in [-0.25, -0.2) is 33.0 Å². The molecule has 5 N–H and O–H groups in total. The molecule has 0 aliphatic carbocycles. The minimum Gasteiger partial charge on any atom is -0.453 e. The highest BCUT2D eigenvalue weighted by Gasteiger charge is 2.57. The van der Waals surface area contributed by atoms with E-state index in [1.165, 1.54) is 24.3 Å². The maximum absolute atomic E-state index is 16.0. The van der Waals surface area contributed by atoms with Gasteiger partial charge in [-0.15, -0.1) is 0 Å². The number of amides is 4. The minimum atomic E-state index is -5.23. The molecule has 4 amide bonds. The summed E-state index contributed by atoms with van der Waals surface area (Å²) >= 11 is 0. The van der Waals surface area contributed by atoms with Crippen molar-refractivity contribution in [2.75, 3.05) is 65.1 Å². The van der Waals surface area contributed by atoms with Gasteiger partial charge in [-0.1, -0.05) is 24.0 Å². The molecule has 2 aromatic carbocycles. The number of alkyl halides is 8. The number of nitrogens with zero attached hydrogens (tertiary/aromatic N) is 6. The number of morpholine rings is 1. The molecule has 6 rings (SSSR count). The summed E-state index contributed by atoms with van der Waals surface area (Å²) in [6.07, 6.45) is -13.6. The SMILES string of the molecule is COC(=O)NC(C(=O)NC(Cc1ccc(C#Cc2ccc(N3CCN4CCOC[C@H]4C3)nc2)cc1)C(O)CN(Cc1c(F)cc(-c2ccn(C(F)F)n2)cc1F)NC(=O)C(NC(=O)OC)C(C)(C)C(F)(F)F)C(C)(C)C(F)(F)F. The van der Waals surface area contributed by atoms with Gasteiger partial charge in [0.25, 0.3) is 5.91 Å². The smallest absolute Gasteiger partial charge is 0.407 e. The van der Waals surface area contributed by atoms with Crippen molar-refractivity contribution in [1.82, 2.24) is 46.0 Å². The number of rotatable bonds is 18. The predicted molar refractivity (Wildman–Crippen MR) is 262 cm³/mol. The number of alkyl carbamates (subject to hydrolysis) is 2. The molecule has 2 saturated heterocycles. The quantitative estimate of drug-likeness (QED) is 0.0436. The van der Waals surface area contributed by atoms with Crippen LogP contribution in [-0.2, 0) is 36.8 Å². The number of ether oxygens (including phenoxy) is 3. The van der Waals surface area contributed by atoms with Crippen LogP contribution in [0.3, 0.4) is 0 Å². The summed E-state index contributed by atoms with van der Waals surface area (Å²) in [5.74, 6) is 0.679. The summed E-state index contributed by atoms with van der Waals surface area (Å²) < 4.78 is 161. The van der Waals surface area contributed by atoms with Gasteiger partial charge in [0.1, 0.15) is 29.5 Å². The Hall–Kier alpha value is -7.22. The van der Waals surface area contributed by atoms with Crippen molar-refractivity contribution < 1.29 is 82.4 Å². The monoisotopic (exact) mass is 1130 g/mol. The van der Waals surface area contributed by atoms with E-state index in [0.717, 1.165) is 58.5 Å². The Balaban J connectivity index is 1.33. The number of piperazine rings is 1. The Morgan fingerprint density at radius 1 is 0.810 bits per heavy atom. The zero-order valence-corrected chi connectivity index (χ0v) is 43.4. The molecule has 2 aliphatic heterocycles. The number of benzene rings is 2. The summed E-state index contributed by atoms with van der Waals surface area (Å²) in [7, 11) is 1.60. The first kappa shape index (κ1) is 61.0. The van der Waals surface area contributed by atoms with Gasteiger partial charge in [-0.2, -0.15) is 40.2 Å². The van der Waals surface area contributed by atoms with E-state index in [-0.39, 0.29) is 27.5 Å². The number of methoxy groups -OCH3 is 2. The predicted octanol–water partition coefficient (Wildman–Crippen LogP) is 6.09. The molecule has 28 heteroatoms. The maximum atomic E-state index is 16.0. The van der Waals surface area contributed by atoms with Crippen LogP contribution in [0.4, 0.5) is 59.3 Å². The molecule has 18 nitrogen and oxygen atoms in total. The fourth-order valence-corrected chi connectivity index (χ4v) is 8.52. The van der Waals surface area contributed by atoms with Crippen LogP contribution in [0.2, 0.25) is 0 Å². The van der Waals surface area contributed by atoms with Gasteiger partial charge in [0.15, 0.2) is 0 Å². The molecule has 2 fully saturated rings. The van der Waals surface area contributed by atoms with Crippen molar-refractivity contribution in [2.45, 2.75) is 89.8 Å². The molecule has 0 spiro atoms. The van der Waals surface area contributed by atoms with Crippen LogP contribution < -0.4 is 26.3 Å². The average Bonchev–Trinajstić information content (AvgIpc) is 3.93. The third-order valence-corrected chi connectivity index (χ3v) is 13.7. The number of aromatic nitrogens is 3. The van der Waals surface area contributed by atoms with Crippen LogP contribution in [0.25, 0.3) is 11.3 Å². The topological polar surface area (TPSA) is 205 Å². The highest BCUT2D eigenvalue weighted by Crippen LogP contribution is 2.42. The Morgan fingerprint density at radius 2 is 1.39 bits per heavy atom. The fourth-order valence-electron chi connectivity index (χ4n) is 8.52. The molecular weight excluding hydrogens is 1070 g/mol. The van der Waals surface area contributed by atoms with Gasteiger partial charge < -0.3 is 40.2 Å². The van der Waals surface area contributed by atoms with E-state index >= 15 is 8.78 Å². The summed E-state index contributed by atoms with van der Waals surface area (Å²) in [6, 6.07) is 5.47. The van der Waals surface area contributed by atoms with Crippen LogP contribution in [0.5, 0.6) is 0 Å². The van der Waals surface area contributed by atoms with Crippen molar-refractivity contribution >= 4 is 29.8 Å². The second-order valence-corrected chi connectivity index (χ2v) is 19.8. The molecule has 2 aromatic heterocycles. The minimum absolute atomic E-state index is 0.197. The van der Waals surface area contributed by atoms with Crippen LogP contribution in [0.1, 0.15) is 56.5 Å². The molecule has 79 heavy (non-hydrogen) atoms. The number of fused-ring (bicyclic) bond motifs is 1. The molecule has 0 radical (unpaired) electrons. The molecular formula is C51H58F10N10O8. The standard InChI is InChI=1S/C51H58F10N10O8/c1-48(2,50(56,57)58)41(64-46(75)77-5)43(73)63-38(21-30-10-7-29(8-11-30)9-12-31-13-14-40(62-24-31)69-18-17-68-19-20-79-28-33(68)25-69)39(72)27-70(67-44(74)42(65-47(76)78-6)49(3,4)51(59,60)61)26-34-35(52)22-32(23-36(34)53)37-15-16-71(66-37)45(54)55/h7-8,10-11,13-16,22-24,33,38-39,41-42,45,72H,17-21,25-28H2,1-6H3,(H,63,73)(H,64,75)(H,65,76)(H,67,74)/t33-,38?,39?,41?,42?/m1/s1. The highest BCUT2D eigenvalue weighted by atomic mass is 19.4. The molecule has 4 aromatic rings. The zero-order valence-electron chi connectivity index (χ0n) is 43.4. The lowest BCUT2D eigenvalue weighted by Crippen LogP contribution is -2.63. The third kappa shape index (κ3) is 15.1. The number of aliphatic hydroxyl groups is 1. The van der Waals surface area contributed by atoms with Crippen molar-refractivity contribution in [3.8, 4) is 23.1 Å². The molecule has 5 atom stereocenters. The van der Waals surface area contributed by atoms with Gasteiger partial charge in [0, 0.05) is 73.9 Å². The number of hydrogen-bond acceptors (Lipinski definition) is 13. The van der Waals surface area contributed by atoms with Crippen LogP contribution in [-0.4, -0.2) is 157 Å². The lowest BCUT2D eigenvalue weighted by molar-refractivity contribution is -0.221. The van der Waals surface area contributed by atoms with E-state index in [4.69, 9.17) is 4.74 Å². The number of carbonyl (C=O) groups is 4. The lowest BCUT2D eigenvalue weighted by Gasteiger charge is -2.44. The molecule has 430 valence electrons. The Morgan fingerprint density at radius 3 is 1.94 bits per heavy atom. The average molecular weight is 1130 g/mol. The number of pyridine rings is 1. The number of aliphatic hydroxyl groups excluding tert-OH is 1. The van der Waals surface area contributed by atoms with E-state index < -0.39 is 115 Å². The summed E-state index contributed by atoms with van der Waals surface area (Å²) in [5, 5.41) is 22.0. The van der Waals surface area contributed by atoms with Crippen LogP contribution >= 0.6 is 0 Å². The van der Waals surface area contributed by atoms with E-state index in [1.807, 2.05) is 16.8 Å². The first-order valence-corrected chi connectivity index (χ1v) is 24.3. The van der Waals surface area contributed by atoms with Crippen molar-refractivity contribution in [1.29, 1.82) is 0 Å². The fraction of sp³-hybridized carbons (Fsp3) is 0.490. The lowest BCUT2D eigenvalue weighted by atomic mass is 9.82. The summed E-state index contributed by atoms with van der Waals surface area (Å²) in [6.45, 7) is 1.45. The van der Waals surface area contributed by atoms with E-state index in [1.54, 1.807) is 17.6 Å². The van der Waals surface area contributed by atoms with Crippen molar-refractivity contribution in [3.05, 3.63) is 101 Å². The highest BCUT2D eigenvalue weighted by molar-refractivity contribution is 5.87. The van der Waals surface area contributed by atoms with Crippen molar-refractivity contribution in [3.63, 3.8) is 0 Å². The number of halogens is 10. The van der Waals surface area contributed by atoms with E-state index in [2.05, 4.69) is 46.5 Å². The largest absolute Gasteiger partial charge is 0.453 e. The zero-order chi connectivity index (χ0) is 58.2. The van der Waals surface area contributed by atoms with Crippen LogP contribution in [0, 0.1) is 34.3 Å². The van der Waals surface area contributed by atoms with E-state index in [0.29, 0.717) is 69.2 Å². The van der Waals surface area contributed by atoms with Gasteiger partial charge in [0.2, 0.25) is 5.91 Å². The van der Waals surface area contributed by atoms with Gasteiger partial charge in [-0.3, -0.25) is 19.9 Å². The number of anilines is 1. The third-order valence-electron chi connectivity index (χ3n) is 13.7. The van der Waals surface area contributed by atoms with Gasteiger partial charge in [0.05, 0.1) is 62.1 Å².